The predicted octanol–water partition coefficient (Wildman–Crippen LogP) is 4.76. The molecule has 0 aliphatic rings. The van der Waals surface area contributed by atoms with Crippen molar-refractivity contribution in [1.82, 2.24) is 30.2 Å². The van der Waals surface area contributed by atoms with Crippen molar-refractivity contribution in [2.75, 3.05) is 5.32 Å². The molecule has 2 amide bonds. The van der Waals surface area contributed by atoms with Crippen LogP contribution in [0.2, 0.25) is 0 Å². The standard InChI is InChI=1S/C29H21F2N7O2/c30-20-9-16(10-21(31)14-20)11-25(28(40)38-29-32-7-8-33-29)37-27(39)18-5-6-22-23(13-18)36-26(35-22)24-12-17-3-1-2-4-19(17)15-34-24/h1-10,12-15,25H,11H2,(H,35,36)(H,37,39)(H2,32,33,38,40). The Kier molecular flexibility index (Phi) is 6.44. The summed E-state index contributed by atoms with van der Waals surface area (Å²) in [5.74, 6) is -2.03. The molecule has 0 spiro atoms. The zero-order chi connectivity index (χ0) is 27.6. The summed E-state index contributed by atoms with van der Waals surface area (Å²) in [7, 11) is 0. The second-order valence-electron chi connectivity index (χ2n) is 9.17. The van der Waals surface area contributed by atoms with E-state index in [2.05, 4.69) is 35.6 Å². The summed E-state index contributed by atoms with van der Waals surface area (Å²) in [6.45, 7) is 0. The van der Waals surface area contributed by atoms with Crippen LogP contribution in [-0.2, 0) is 11.2 Å². The molecule has 11 heteroatoms. The van der Waals surface area contributed by atoms with Gasteiger partial charge in [0.25, 0.3) is 5.91 Å². The van der Waals surface area contributed by atoms with Crippen LogP contribution in [0.15, 0.2) is 85.3 Å². The van der Waals surface area contributed by atoms with Gasteiger partial charge in [-0.2, -0.15) is 0 Å². The van der Waals surface area contributed by atoms with Crippen LogP contribution in [0.1, 0.15) is 15.9 Å². The molecule has 3 heterocycles. The first-order chi connectivity index (χ1) is 19.4. The van der Waals surface area contributed by atoms with Crippen molar-refractivity contribution in [3.8, 4) is 11.5 Å². The molecule has 0 radical (unpaired) electrons. The van der Waals surface area contributed by atoms with Crippen LogP contribution in [0, 0.1) is 11.6 Å². The molecule has 6 rings (SSSR count). The van der Waals surface area contributed by atoms with Crippen LogP contribution in [0.4, 0.5) is 14.7 Å². The Bertz CT molecular complexity index is 1850. The van der Waals surface area contributed by atoms with E-state index in [0.29, 0.717) is 22.6 Å². The molecule has 0 saturated carbocycles. The molecular weight excluding hydrogens is 516 g/mol. The summed E-state index contributed by atoms with van der Waals surface area (Å²) in [5.41, 5.74) is 2.33. The number of aromatic nitrogens is 5. The Hall–Kier alpha value is -5.45. The average molecular weight is 538 g/mol. The molecule has 3 aromatic carbocycles. The second kappa shape index (κ2) is 10.4. The van der Waals surface area contributed by atoms with Crippen molar-refractivity contribution in [3.63, 3.8) is 0 Å². The fourth-order valence-corrected chi connectivity index (χ4v) is 4.43. The van der Waals surface area contributed by atoms with Crippen molar-refractivity contribution < 1.29 is 18.4 Å². The number of carbonyl (C=O) groups excluding carboxylic acids is 2. The molecule has 0 fully saturated rings. The number of benzene rings is 3. The molecule has 3 aromatic heterocycles. The van der Waals surface area contributed by atoms with Crippen LogP contribution in [-0.4, -0.2) is 42.8 Å². The number of nitrogens with one attached hydrogen (secondary N) is 4. The van der Waals surface area contributed by atoms with Crippen molar-refractivity contribution in [1.29, 1.82) is 0 Å². The van der Waals surface area contributed by atoms with Gasteiger partial charge in [0.05, 0.1) is 11.0 Å². The molecule has 6 aromatic rings. The molecule has 9 nitrogen and oxygen atoms in total. The molecule has 0 bridgehead atoms. The molecule has 0 saturated heterocycles. The molecule has 4 N–H and O–H groups in total. The van der Waals surface area contributed by atoms with E-state index in [9.17, 15) is 18.4 Å². The molecule has 1 atom stereocenters. The molecular formula is C29H21F2N7O2. The number of amides is 2. The van der Waals surface area contributed by atoms with Gasteiger partial charge in [-0.05, 0) is 47.3 Å². The normalized spacial score (nSPS) is 11.9. The summed E-state index contributed by atoms with van der Waals surface area (Å²) in [6.07, 6.45) is 4.59. The monoisotopic (exact) mass is 537 g/mol. The van der Waals surface area contributed by atoms with E-state index >= 15 is 0 Å². The van der Waals surface area contributed by atoms with Crippen LogP contribution in [0.5, 0.6) is 0 Å². The number of hydrogen-bond donors (Lipinski definition) is 4. The summed E-state index contributed by atoms with van der Waals surface area (Å²) < 4.78 is 27.6. The molecule has 0 aliphatic carbocycles. The van der Waals surface area contributed by atoms with E-state index in [0.717, 1.165) is 29.0 Å². The first-order valence-corrected chi connectivity index (χ1v) is 12.3. The minimum Gasteiger partial charge on any atom is -0.340 e. The van der Waals surface area contributed by atoms with E-state index in [1.54, 1.807) is 24.4 Å². The number of fused-ring (bicyclic) bond motifs is 2. The summed E-state index contributed by atoms with van der Waals surface area (Å²) in [4.78, 5) is 45.3. The number of aromatic amines is 2. The Morgan fingerprint density at radius 3 is 2.50 bits per heavy atom. The van der Waals surface area contributed by atoms with E-state index < -0.39 is 29.5 Å². The number of H-pyrrole nitrogens is 2. The molecule has 0 aliphatic heterocycles. The smallest absolute Gasteiger partial charge is 0.252 e. The maximum atomic E-state index is 13.8. The number of anilines is 1. The van der Waals surface area contributed by atoms with Crippen molar-refractivity contribution in [3.05, 3.63) is 108 Å². The SMILES string of the molecule is O=C(NC(Cc1cc(F)cc(F)c1)C(=O)Nc1ncc[nH]1)c1ccc2[nH]c(-c3cc4ccccc4cn3)nc2c1. The summed E-state index contributed by atoms with van der Waals surface area (Å²) in [5, 5.41) is 7.25. The first kappa shape index (κ1) is 24.9. The highest BCUT2D eigenvalue weighted by atomic mass is 19.1. The Labute approximate surface area is 225 Å². The summed E-state index contributed by atoms with van der Waals surface area (Å²) >= 11 is 0. The van der Waals surface area contributed by atoms with Gasteiger partial charge in [-0.1, -0.05) is 24.3 Å². The Balaban J connectivity index is 1.26. The highest BCUT2D eigenvalue weighted by Gasteiger charge is 2.24. The van der Waals surface area contributed by atoms with E-state index in [-0.39, 0.29) is 23.5 Å². The second-order valence-corrected chi connectivity index (χ2v) is 9.17. The largest absolute Gasteiger partial charge is 0.340 e. The number of pyridine rings is 1. The van der Waals surface area contributed by atoms with E-state index in [1.165, 1.54) is 12.4 Å². The highest BCUT2D eigenvalue weighted by molar-refractivity contribution is 6.02. The number of imidazole rings is 2. The number of hydrogen-bond acceptors (Lipinski definition) is 5. The van der Waals surface area contributed by atoms with Gasteiger partial charge in [-0.3, -0.25) is 19.9 Å². The zero-order valence-electron chi connectivity index (χ0n) is 20.8. The number of carbonyl (C=O) groups is 2. The third kappa shape index (κ3) is 5.25. The van der Waals surface area contributed by atoms with Gasteiger partial charge in [-0.25, -0.2) is 18.7 Å². The topological polar surface area (TPSA) is 128 Å². The van der Waals surface area contributed by atoms with Crippen LogP contribution in [0.25, 0.3) is 33.3 Å². The molecule has 1 unspecified atom stereocenters. The van der Waals surface area contributed by atoms with Gasteiger partial charge in [0, 0.05) is 42.0 Å². The lowest BCUT2D eigenvalue weighted by Crippen LogP contribution is -2.45. The van der Waals surface area contributed by atoms with Gasteiger partial charge in [0.2, 0.25) is 11.9 Å². The van der Waals surface area contributed by atoms with Crippen LogP contribution < -0.4 is 10.6 Å². The van der Waals surface area contributed by atoms with Gasteiger partial charge in [0.1, 0.15) is 23.4 Å². The van der Waals surface area contributed by atoms with Crippen molar-refractivity contribution in [2.24, 2.45) is 0 Å². The highest BCUT2D eigenvalue weighted by Crippen LogP contribution is 2.23. The summed E-state index contributed by atoms with van der Waals surface area (Å²) in [6, 6.07) is 16.5. The lowest BCUT2D eigenvalue weighted by Gasteiger charge is -2.18. The maximum absolute atomic E-state index is 13.8. The molecule has 40 heavy (non-hydrogen) atoms. The number of nitrogens with zero attached hydrogens (tertiary/aromatic N) is 3. The number of rotatable bonds is 7. The van der Waals surface area contributed by atoms with Gasteiger partial charge < -0.3 is 15.3 Å². The number of halogens is 2. The Morgan fingerprint density at radius 2 is 1.73 bits per heavy atom. The minimum atomic E-state index is -1.16. The maximum Gasteiger partial charge on any atom is 0.252 e. The average Bonchev–Trinajstić information content (AvgIpc) is 3.61. The quantitative estimate of drug-likeness (QED) is 0.234. The van der Waals surface area contributed by atoms with E-state index in [4.69, 9.17) is 0 Å². The third-order valence-corrected chi connectivity index (χ3v) is 6.34. The van der Waals surface area contributed by atoms with Gasteiger partial charge in [0.15, 0.2) is 5.82 Å². The van der Waals surface area contributed by atoms with Crippen LogP contribution >= 0.6 is 0 Å². The van der Waals surface area contributed by atoms with Crippen molar-refractivity contribution >= 4 is 39.6 Å². The van der Waals surface area contributed by atoms with E-state index in [1.807, 2.05) is 30.3 Å². The third-order valence-electron chi connectivity index (χ3n) is 6.34. The van der Waals surface area contributed by atoms with Crippen molar-refractivity contribution in [2.45, 2.75) is 12.5 Å². The van der Waals surface area contributed by atoms with Gasteiger partial charge >= 0.3 is 0 Å². The minimum absolute atomic E-state index is 0.157. The first-order valence-electron chi connectivity index (χ1n) is 12.3. The van der Waals surface area contributed by atoms with Gasteiger partial charge in [-0.15, -0.1) is 0 Å². The Morgan fingerprint density at radius 1 is 0.925 bits per heavy atom. The fourth-order valence-electron chi connectivity index (χ4n) is 4.43. The van der Waals surface area contributed by atoms with Crippen LogP contribution in [0.3, 0.4) is 0 Å². The fraction of sp³-hybridized carbons (Fsp3) is 0.0690. The lowest BCUT2D eigenvalue weighted by molar-refractivity contribution is -0.118. The molecule has 198 valence electrons. The predicted molar refractivity (Wildman–Crippen MR) is 145 cm³/mol. The lowest BCUT2D eigenvalue weighted by atomic mass is 10.0. The zero-order valence-corrected chi connectivity index (χ0v) is 20.8.